The van der Waals surface area contributed by atoms with Gasteiger partial charge >= 0.3 is 0 Å². The molecule has 0 aliphatic rings. The lowest BCUT2D eigenvalue weighted by Crippen LogP contribution is -1.94. The van der Waals surface area contributed by atoms with Gasteiger partial charge < -0.3 is 0 Å². The lowest BCUT2D eigenvalue weighted by atomic mass is 9.85. The number of rotatable bonds is 4. The Bertz CT molecular complexity index is 3160. The molecule has 0 saturated heterocycles. The standard InChI is InChI=1S/C52H32N2/c1-2-13-33(14-3-1)46-29-27-34-25-26-35-28-30-47(54-52(35)51(34)53-46)50-44-23-10-8-21-42(44)49(43-22-9-11-24-45(43)50)39-18-12-17-38(32-39)48-40-19-6-4-15-36(40)31-37-16-5-7-20-41(37)48/h1-32H. The fourth-order valence-corrected chi connectivity index (χ4v) is 8.55. The topological polar surface area (TPSA) is 25.8 Å². The Hall–Kier alpha value is -7.16. The number of benzene rings is 9. The van der Waals surface area contributed by atoms with Gasteiger partial charge in [-0.3, -0.25) is 0 Å². The van der Waals surface area contributed by atoms with Crippen LogP contribution in [0.3, 0.4) is 0 Å². The van der Waals surface area contributed by atoms with Crippen molar-refractivity contribution >= 4 is 64.9 Å². The molecular formula is C52H32N2. The number of fused-ring (bicyclic) bond motifs is 7. The van der Waals surface area contributed by atoms with Gasteiger partial charge in [-0.2, -0.15) is 0 Å². The zero-order valence-corrected chi connectivity index (χ0v) is 29.4. The molecule has 0 aliphatic heterocycles. The number of nitrogens with zero attached hydrogens (tertiary/aromatic N) is 2. The number of aromatic nitrogens is 2. The lowest BCUT2D eigenvalue weighted by Gasteiger charge is -2.18. The molecule has 54 heavy (non-hydrogen) atoms. The van der Waals surface area contributed by atoms with Gasteiger partial charge in [0.25, 0.3) is 0 Å². The summed E-state index contributed by atoms with van der Waals surface area (Å²) < 4.78 is 0. The summed E-state index contributed by atoms with van der Waals surface area (Å²) in [4.78, 5) is 10.7. The SMILES string of the molecule is c1ccc(-c2ccc3ccc4ccc(-c5c6ccccc6c(-c6cccc(-c7c8ccccc8cc8ccccc78)c6)c6ccccc56)nc4c3n2)cc1. The minimum Gasteiger partial charge on any atom is -0.245 e. The molecule has 0 N–H and O–H groups in total. The molecule has 0 fully saturated rings. The minimum atomic E-state index is 0.912. The van der Waals surface area contributed by atoms with Crippen LogP contribution in [-0.4, -0.2) is 9.97 Å². The van der Waals surface area contributed by atoms with Gasteiger partial charge in [0.2, 0.25) is 0 Å². The summed E-state index contributed by atoms with van der Waals surface area (Å²) in [5.41, 5.74) is 10.9. The molecule has 0 unspecified atom stereocenters. The summed E-state index contributed by atoms with van der Waals surface area (Å²) >= 11 is 0. The van der Waals surface area contributed by atoms with Crippen LogP contribution >= 0.6 is 0 Å². The maximum absolute atomic E-state index is 5.46. The third-order valence-electron chi connectivity index (χ3n) is 11.0. The van der Waals surface area contributed by atoms with E-state index in [0.717, 1.165) is 44.3 Å². The summed E-state index contributed by atoms with van der Waals surface area (Å²) in [5, 5.41) is 11.9. The third kappa shape index (κ3) is 4.81. The van der Waals surface area contributed by atoms with Crippen molar-refractivity contribution in [3.63, 3.8) is 0 Å². The zero-order valence-electron chi connectivity index (χ0n) is 29.4. The van der Waals surface area contributed by atoms with E-state index >= 15 is 0 Å². The monoisotopic (exact) mass is 684 g/mol. The molecule has 9 aromatic carbocycles. The van der Waals surface area contributed by atoms with Crippen LogP contribution in [0.2, 0.25) is 0 Å². The zero-order chi connectivity index (χ0) is 35.6. The molecule has 0 spiro atoms. The van der Waals surface area contributed by atoms with Crippen molar-refractivity contribution in [2.24, 2.45) is 0 Å². The molecule has 11 aromatic rings. The third-order valence-corrected chi connectivity index (χ3v) is 11.0. The summed E-state index contributed by atoms with van der Waals surface area (Å²) in [6, 6.07) is 69.9. The van der Waals surface area contributed by atoms with Gasteiger partial charge in [-0.15, -0.1) is 0 Å². The molecule has 0 saturated carbocycles. The van der Waals surface area contributed by atoms with Crippen LogP contribution < -0.4 is 0 Å². The van der Waals surface area contributed by atoms with Crippen LogP contribution in [0.5, 0.6) is 0 Å². The van der Waals surface area contributed by atoms with Crippen molar-refractivity contribution in [2.75, 3.05) is 0 Å². The molecule has 2 heterocycles. The van der Waals surface area contributed by atoms with E-state index in [9.17, 15) is 0 Å². The summed E-state index contributed by atoms with van der Waals surface area (Å²) in [5.74, 6) is 0. The van der Waals surface area contributed by atoms with Gasteiger partial charge in [0.15, 0.2) is 0 Å². The predicted octanol–water partition coefficient (Wildman–Crippen LogP) is 14.1. The molecule has 2 nitrogen and oxygen atoms in total. The Morgan fingerprint density at radius 2 is 0.648 bits per heavy atom. The van der Waals surface area contributed by atoms with Crippen molar-refractivity contribution in [3.05, 3.63) is 194 Å². The highest BCUT2D eigenvalue weighted by Crippen LogP contribution is 2.45. The first-order valence-electron chi connectivity index (χ1n) is 18.5. The molecule has 0 bridgehead atoms. The molecule has 0 atom stereocenters. The lowest BCUT2D eigenvalue weighted by molar-refractivity contribution is 1.37. The highest BCUT2D eigenvalue weighted by Gasteiger charge is 2.19. The van der Waals surface area contributed by atoms with Crippen LogP contribution in [0.4, 0.5) is 0 Å². The predicted molar refractivity (Wildman–Crippen MR) is 229 cm³/mol. The first kappa shape index (κ1) is 30.5. The van der Waals surface area contributed by atoms with Crippen molar-refractivity contribution < 1.29 is 0 Å². The molecule has 250 valence electrons. The Morgan fingerprint density at radius 3 is 1.22 bits per heavy atom. The molecule has 0 aliphatic carbocycles. The minimum absolute atomic E-state index is 0.912. The number of pyridine rings is 2. The van der Waals surface area contributed by atoms with Gasteiger partial charge in [0.05, 0.1) is 22.4 Å². The van der Waals surface area contributed by atoms with E-state index in [1.165, 1.54) is 65.3 Å². The normalized spacial score (nSPS) is 11.7. The average molecular weight is 685 g/mol. The first-order valence-corrected chi connectivity index (χ1v) is 18.5. The number of hydrogen-bond acceptors (Lipinski definition) is 2. The van der Waals surface area contributed by atoms with Gasteiger partial charge in [0.1, 0.15) is 0 Å². The molecule has 0 amide bonds. The Balaban J connectivity index is 1.15. The van der Waals surface area contributed by atoms with Crippen molar-refractivity contribution in [3.8, 4) is 44.8 Å². The van der Waals surface area contributed by atoms with Crippen molar-refractivity contribution in [1.29, 1.82) is 0 Å². The molecule has 11 rings (SSSR count). The van der Waals surface area contributed by atoms with E-state index in [1.54, 1.807) is 0 Å². The van der Waals surface area contributed by atoms with E-state index in [2.05, 4.69) is 188 Å². The molecule has 0 radical (unpaired) electrons. The average Bonchev–Trinajstić information content (AvgIpc) is 3.24. The fraction of sp³-hybridized carbons (Fsp3) is 0. The van der Waals surface area contributed by atoms with Gasteiger partial charge in [0, 0.05) is 21.9 Å². The van der Waals surface area contributed by atoms with E-state index in [0.29, 0.717) is 0 Å². The van der Waals surface area contributed by atoms with Crippen LogP contribution in [0.15, 0.2) is 194 Å². The highest BCUT2D eigenvalue weighted by molar-refractivity contribution is 6.22. The Morgan fingerprint density at radius 1 is 0.241 bits per heavy atom. The maximum Gasteiger partial charge on any atom is 0.0972 e. The smallest absolute Gasteiger partial charge is 0.0972 e. The molecule has 2 heteroatoms. The van der Waals surface area contributed by atoms with Gasteiger partial charge in [-0.1, -0.05) is 170 Å². The fourth-order valence-electron chi connectivity index (χ4n) is 8.55. The van der Waals surface area contributed by atoms with Crippen molar-refractivity contribution in [2.45, 2.75) is 0 Å². The second kappa shape index (κ2) is 12.2. The van der Waals surface area contributed by atoms with E-state index in [4.69, 9.17) is 9.97 Å². The first-order chi connectivity index (χ1) is 26.8. The second-order valence-corrected chi connectivity index (χ2v) is 14.1. The van der Waals surface area contributed by atoms with Crippen LogP contribution in [0.25, 0.3) is 110 Å². The quantitative estimate of drug-likeness (QED) is 0.136. The van der Waals surface area contributed by atoms with E-state index in [1.807, 2.05) is 6.07 Å². The largest absolute Gasteiger partial charge is 0.245 e. The molecule has 2 aromatic heterocycles. The van der Waals surface area contributed by atoms with Crippen LogP contribution in [-0.2, 0) is 0 Å². The van der Waals surface area contributed by atoms with Crippen molar-refractivity contribution in [1.82, 2.24) is 9.97 Å². The molecular weight excluding hydrogens is 653 g/mol. The summed E-state index contributed by atoms with van der Waals surface area (Å²) in [6.07, 6.45) is 0. The van der Waals surface area contributed by atoms with Crippen LogP contribution in [0.1, 0.15) is 0 Å². The Kier molecular flexibility index (Phi) is 6.90. The van der Waals surface area contributed by atoms with Crippen LogP contribution in [0, 0.1) is 0 Å². The number of hydrogen-bond donors (Lipinski definition) is 0. The Labute approximate surface area is 312 Å². The highest BCUT2D eigenvalue weighted by atomic mass is 14.8. The summed E-state index contributed by atoms with van der Waals surface area (Å²) in [6.45, 7) is 0. The van der Waals surface area contributed by atoms with Gasteiger partial charge in [-0.05, 0) is 89.6 Å². The maximum atomic E-state index is 5.46. The van der Waals surface area contributed by atoms with E-state index < -0.39 is 0 Å². The van der Waals surface area contributed by atoms with Gasteiger partial charge in [-0.25, -0.2) is 9.97 Å². The second-order valence-electron chi connectivity index (χ2n) is 14.1. The van der Waals surface area contributed by atoms with E-state index in [-0.39, 0.29) is 0 Å². The summed E-state index contributed by atoms with van der Waals surface area (Å²) in [7, 11) is 0.